The van der Waals surface area contributed by atoms with Gasteiger partial charge in [-0.3, -0.25) is 9.69 Å². The molecule has 2 saturated carbocycles. The number of para-hydroxylation sites is 1. The first-order valence-electron chi connectivity index (χ1n) is 12.6. The van der Waals surface area contributed by atoms with Crippen molar-refractivity contribution in [1.82, 2.24) is 10.2 Å². The maximum atomic E-state index is 13.2. The second-order valence-corrected chi connectivity index (χ2v) is 11.0. The van der Waals surface area contributed by atoms with Gasteiger partial charge >= 0.3 is 0 Å². The molecule has 7 heteroatoms. The molecule has 1 saturated heterocycles. The Morgan fingerprint density at radius 3 is 2.79 bits per heavy atom. The van der Waals surface area contributed by atoms with Gasteiger partial charge in [0.15, 0.2) is 11.5 Å². The number of likely N-dealkylation sites (tertiary alicyclic amines) is 1. The van der Waals surface area contributed by atoms with Gasteiger partial charge in [0.1, 0.15) is 6.10 Å². The van der Waals surface area contributed by atoms with E-state index in [0.29, 0.717) is 29.8 Å². The molecule has 0 radical (unpaired) electrons. The number of carbonyl (C=O) groups is 1. The number of phenols is 1. The molecule has 34 heavy (non-hydrogen) atoms. The van der Waals surface area contributed by atoms with Gasteiger partial charge in [0.05, 0.1) is 22.6 Å². The van der Waals surface area contributed by atoms with Crippen LogP contribution in [0.1, 0.15) is 53.6 Å². The highest BCUT2D eigenvalue weighted by Crippen LogP contribution is 2.65. The number of anilines is 1. The molecule has 2 aromatic rings. The van der Waals surface area contributed by atoms with Crippen molar-refractivity contribution in [2.24, 2.45) is 5.92 Å². The minimum Gasteiger partial charge on any atom is -0.504 e. The van der Waals surface area contributed by atoms with Crippen molar-refractivity contribution in [3.63, 3.8) is 0 Å². The number of rotatable bonds is 4. The summed E-state index contributed by atoms with van der Waals surface area (Å²) in [4.78, 5) is 15.7. The highest BCUT2D eigenvalue weighted by atomic mass is 16.5. The number of nitrogen functional groups attached to an aromatic ring is 1. The fourth-order valence-corrected chi connectivity index (χ4v) is 7.58. The summed E-state index contributed by atoms with van der Waals surface area (Å²) in [6.07, 6.45) is 4.84. The van der Waals surface area contributed by atoms with Crippen molar-refractivity contribution in [2.45, 2.75) is 67.7 Å². The summed E-state index contributed by atoms with van der Waals surface area (Å²) in [5.41, 5.74) is 7.48. The quantitative estimate of drug-likeness (QED) is 0.521. The van der Waals surface area contributed by atoms with Gasteiger partial charge in [-0.05, 0) is 74.8 Å². The number of benzene rings is 2. The fourth-order valence-electron chi connectivity index (χ4n) is 7.58. The fraction of sp³-hybridized carbons (Fsp3) is 0.519. The summed E-state index contributed by atoms with van der Waals surface area (Å²) in [7, 11) is 0. The predicted octanol–water partition coefficient (Wildman–Crippen LogP) is 2.34. The highest BCUT2D eigenvalue weighted by Gasteiger charge is 2.73. The Labute approximate surface area is 198 Å². The van der Waals surface area contributed by atoms with E-state index < -0.39 is 17.1 Å². The smallest absolute Gasteiger partial charge is 0.253 e. The Bertz CT molecular complexity index is 1200. The summed E-state index contributed by atoms with van der Waals surface area (Å²) < 4.78 is 6.51. The number of hydrogen-bond acceptors (Lipinski definition) is 6. The zero-order valence-corrected chi connectivity index (χ0v) is 19.2. The van der Waals surface area contributed by atoms with Gasteiger partial charge in [-0.2, -0.15) is 0 Å². The summed E-state index contributed by atoms with van der Waals surface area (Å²) in [5, 5.41) is 26.4. The number of nitrogens with zero attached hydrogens (tertiary/aromatic N) is 1. The van der Waals surface area contributed by atoms with E-state index >= 15 is 0 Å². The van der Waals surface area contributed by atoms with Crippen LogP contribution in [0.2, 0.25) is 0 Å². The number of amides is 1. The third-order valence-electron chi connectivity index (χ3n) is 9.28. The lowest BCUT2D eigenvalue weighted by Gasteiger charge is -2.64. The maximum Gasteiger partial charge on any atom is 0.253 e. The number of aromatic hydroxyl groups is 1. The van der Waals surface area contributed by atoms with Crippen LogP contribution in [0.15, 0.2) is 36.4 Å². The van der Waals surface area contributed by atoms with Gasteiger partial charge < -0.3 is 26.0 Å². The van der Waals surface area contributed by atoms with Crippen molar-refractivity contribution in [2.75, 3.05) is 18.8 Å². The van der Waals surface area contributed by atoms with Crippen LogP contribution in [-0.2, 0) is 11.8 Å². The largest absolute Gasteiger partial charge is 0.504 e. The van der Waals surface area contributed by atoms with E-state index in [1.54, 1.807) is 24.3 Å². The van der Waals surface area contributed by atoms with Crippen molar-refractivity contribution in [3.05, 3.63) is 53.1 Å². The molecule has 5 atom stereocenters. The van der Waals surface area contributed by atoms with Crippen molar-refractivity contribution >= 4 is 11.6 Å². The van der Waals surface area contributed by atoms with Crippen LogP contribution in [0, 0.1) is 5.92 Å². The molecule has 7 rings (SSSR count). The van der Waals surface area contributed by atoms with Gasteiger partial charge in [0.2, 0.25) is 0 Å². The molecule has 0 aromatic heterocycles. The van der Waals surface area contributed by atoms with Gasteiger partial charge in [0.25, 0.3) is 5.91 Å². The minimum atomic E-state index is -0.955. The Balaban J connectivity index is 1.30. The number of nitrogens with one attached hydrogen (secondary N) is 1. The van der Waals surface area contributed by atoms with Gasteiger partial charge in [0, 0.05) is 23.8 Å². The van der Waals surface area contributed by atoms with E-state index in [1.165, 1.54) is 12.8 Å². The molecule has 2 heterocycles. The molecule has 1 spiro atoms. The second kappa shape index (κ2) is 6.89. The SMILES string of the molecule is Nc1ccccc1C(=O)NC1CC[C@@]2(O)[C@H]3Cc4ccc(O)c5c4[C@@]2(CCN3CC2CC2)C1O5. The van der Waals surface area contributed by atoms with Crippen molar-refractivity contribution in [1.29, 1.82) is 0 Å². The molecule has 7 nitrogen and oxygen atoms in total. The van der Waals surface area contributed by atoms with Crippen LogP contribution < -0.4 is 15.8 Å². The average Bonchev–Trinajstić information content (AvgIpc) is 3.56. The average molecular weight is 462 g/mol. The van der Waals surface area contributed by atoms with E-state index in [2.05, 4.69) is 10.2 Å². The minimum absolute atomic E-state index is 0.0253. The Morgan fingerprint density at radius 2 is 2.00 bits per heavy atom. The molecular weight excluding hydrogens is 430 g/mol. The van der Waals surface area contributed by atoms with Crippen molar-refractivity contribution in [3.8, 4) is 11.5 Å². The van der Waals surface area contributed by atoms with E-state index in [-0.39, 0.29) is 23.7 Å². The van der Waals surface area contributed by atoms with Gasteiger partial charge in [-0.1, -0.05) is 18.2 Å². The van der Waals surface area contributed by atoms with E-state index in [1.807, 2.05) is 12.1 Å². The molecule has 2 aliphatic heterocycles. The zero-order valence-electron chi connectivity index (χ0n) is 19.2. The molecule has 5 aliphatic rings. The number of aliphatic hydroxyl groups is 1. The van der Waals surface area contributed by atoms with Crippen LogP contribution in [0.25, 0.3) is 0 Å². The lowest BCUT2D eigenvalue weighted by Crippen LogP contribution is -2.78. The first-order chi connectivity index (χ1) is 16.4. The molecule has 3 fully saturated rings. The number of ether oxygens (including phenoxy) is 1. The van der Waals surface area contributed by atoms with Crippen LogP contribution >= 0.6 is 0 Å². The maximum absolute atomic E-state index is 13.2. The van der Waals surface area contributed by atoms with Crippen LogP contribution in [0.4, 0.5) is 5.69 Å². The monoisotopic (exact) mass is 461 g/mol. The lowest BCUT2D eigenvalue weighted by atomic mass is 9.48. The molecule has 2 unspecified atom stereocenters. The van der Waals surface area contributed by atoms with E-state index in [9.17, 15) is 15.0 Å². The summed E-state index contributed by atoms with van der Waals surface area (Å²) in [6.45, 7) is 1.94. The number of nitrogens with two attached hydrogens (primary N) is 1. The van der Waals surface area contributed by atoms with Crippen LogP contribution in [0.3, 0.4) is 0 Å². The third-order valence-corrected chi connectivity index (χ3v) is 9.28. The first kappa shape index (κ1) is 20.6. The first-order valence-corrected chi connectivity index (χ1v) is 12.6. The molecule has 1 amide bonds. The molecule has 5 N–H and O–H groups in total. The molecule has 3 aliphatic carbocycles. The molecule has 2 bridgehead atoms. The lowest BCUT2D eigenvalue weighted by molar-refractivity contribution is -0.191. The van der Waals surface area contributed by atoms with Gasteiger partial charge in [-0.25, -0.2) is 0 Å². The van der Waals surface area contributed by atoms with E-state index in [0.717, 1.165) is 43.0 Å². The summed E-state index contributed by atoms with van der Waals surface area (Å²) in [5.74, 6) is 1.13. The summed E-state index contributed by atoms with van der Waals surface area (Å²) in [6, 6.07) is 10.5. The van der Waals surface area contributed by atoms with Crippen LogP contribution in [0.5, 0.6) is 11.5 Å². The Kier molecular flexibility index (Phi) is 4.17. The number of piperidine rings is 1. The summed E-state index contributed by atoms with van der Waals surface area (Å²) >= 11 is 0. The standard InChI is InChI=1S/C27H31N3O4/c28-18-4-2-1-3-17(18)25(32)29-19-9-10-27(33)21-13-16-7-8-20(31)23-22(16)26(27,24(19)34-23)11-12-30(21)14-15-5-6-15/h1-4,7-8,15,19,21,24,31,33H,5-6,9-14,28H2,(H,29,32)/t19?,21-,24?,26+,27-/m1/s1. The van der Waals surface area contributed by atoms with Gasteiger partial charge in [-0.15, -0.1) is 0 Å². The Morgan fingerprint density at radius 1 is 1.18 bits per heavy atom. The normalized spacial score (nSPS) is 35.4. The highest BCUT2D eigenvalue weighted by molar-refractivity contribution is 5.99. The van der Waals surface area contributed by atoms with E-state index in [4.69, 9.17) is 10.5 Å². The van der Waals surface area contributed by atoms with Crippen molar-refractivity contribution < 1.29 is 19.7 Å². The molecule has 2 aromatic carbocycles. The second-order valence-electron chi connectivity index (χ2n) is 11.0. The molecular formula is C27H31N3O4. The Hall–Kier alpha value is -2.77. The number of carbonyl (C=O) groups excluding carboxylic acids is 1. The van der Waals surface area contributed by atoms with Crippen LogP contribution in [-0.4, -0.2) is 57.9 Å². The molecule has 178 valence electrons. The zero-order chi connectivity index (χ0) is 23.2. The predicted molar refractivity (Wildman–Crippen MR) is 127 cm³/mol. The number of phenolic OH excluding ortho intramolecular Hbond substituents is 1. The topological polar surface area (TPSA) is 108 Å². The third kappa shape index (κ3) is 2.57. The number of hydrogen-bond donors (Lipinski definition) is 4.